The standard InChI is InChI=1S/C26H29N3OS/c1-4-28-19(2)15-25-16-23(9-10-24(25)18-31-3)26(30)29-13-11-22(12-14-29)21-7-5-20(17-27)6-8-21/h4-10,15-16,22H,11-14,18H2,1-3H3/b19-15+,28-4?. The fraction of sp³-hybridized carbons (Fsp3) is 0.346. The molecule has 4 nitrogen and oxygen atoms in total. The second-order valence-electron chi connectivity index (χ2n) is 7.82. The predicted octanol–water partition coefficient (Wildman–Crippen LogP) is 5.89. The lowest BCUT2D eigenvalue weighted by Crippen LogP contribution is -2.38. The maximum absolute atomic E-state index is 13.2. The van der Waals surface area contributed by atoms with Crippen molar-refractivity contribution >= 4 is 30.0 Å². The molecule has 0 atom stereocenters. The highest BCUT2D eigenvalue weighted by Crippen LogP contribution is 2.29. The van der Waals surface area contributed by atoms with Crippen LogP contribution >= 0.6 is 11.8 Å². The van der Waals surface area contributed by atoms with Crippen molar-refractivity contribution in [3.8, 4) is 6.07 Å². The van der Waals surface area contributed by atoms with Crippen molar-refractivity contribution in [2.75, 3.05) is 19.3 Å². The quantitative estimate of drug-likeness (QED) is 0.536. The van der Waals surface area contributed by atoms with Crippen molar-refractivity contribution in [3.05, 3.63) is 76.0 Å². The van der Waals surface area contributed by atoms with Gasteiger partial charge in [0, 0.05) is 36.3 Å². The van der Waals surface area contributed by atoms with Gasteiger partial charge in [0.2, 0.25) is 0 Å². The Morgan fingerprint density at radius 1 is 1.23 bits per heavy atom. The normalized spacial score (nSPS) is 15.3. The van der Waals surface area contributed by atoms with E-state index in [2.05, 4.69) is 29.5 Å². The van der Waals surface area contributed by atoms with E-state index < -0.39 is 0 Å². The van der Waals surface area contributed by atoms with E-state index in [0.29, 0.717) is 11.5 Å². The second-order valence-corrected chi connectivity index (χ2v) is 8.69. The lowest BCUT2D eigenvalue weighted by atomic mass is 9.88. The first kappa shape index (κ1) is 22.8. The summed E-state index contributed by atoms with van der Waals surface area (Å²) in [6.45, 7) is 5.38. The lowest BCUT2D eigenvalue weighted by Gasteiger charge is -2.32. The van der Waals surface area contributed by atoms with Gasteiger partial charge in [0.1, 0.15) is 0 Å². The summed E-state index contributed by atoms with van der Waals surface area (Å²) in [5.41, 5.74) is 5.89. The lowest BCUT2D eigenvalue weighted by molar-refractivity contribution is 0.0713. The highest BCUT2D eigenvalue weighted by atomic mass is 32.2. The van der Waals surface area contributed by atoms with Gasteiger partial charge in [-0.25, -0.2) is 0 Å². The van der Waals surface area contributed by atoms with Gasteiger partial charge in [0.25, 0.3) is 5.91 Å². The van der Waals surface area contributed by atoms with E-state index in [9.17, 15) is 4.79 Å². The van der Waals surface area contributed by atoms with Crippen LogP contribution in [0.25, 0.3) is 6.08 Å². The number of likely N-dealkylation sites (tertiary alicyclic amines) is 1. The minimum absolute atomic E-state index is 0.0975. The summed E-state index contributed by atoms with van der Waals surface area (Å²) in [5, 5.41) is 8.98. The Labute approximate surface area is 189 Å². The molecule has 1 fully saturated rings. The molecule has 5 heteroatoms. The van der Waals surface area contributed by atoms with Crippen LogP contribution < -0.4 is 0 Å². The molecular formula is C26H29N3OS. The van der Waals surface area contributed by atoms with Crippen LogP contribution in [0.3, 0.4) is 0 Å². The Morgan fingerprint density at radius 3 is 2.55 bits per heavy atom. The molecule has 1 heterocycles. The minimum atomic E-state index is 0.0975. The maximum atomic E-state index is 13.2. The number of thioether (sulfide) groups is 1. The molecule has 0 spiro atoms. The molecule has 160 valence electrons. The van der Waals surface area contributed by atoms with Gasteiger partial charge in [-0.05, 0) is 85.9 Å². The maximum Gasteiger partial charge on any atom is 0.253 e. The van der Waals surface area contributed by atoms with Gasteiger partial charge in [-0.15, -0.1) is 0 Å². The van der Waals surface area contributed by atoms with Gasteiger partial charge < -0.3 is 4.90 Å². The van der Waals surface area contributed by atoms with E-state index >= 15 is 0 Å². The number of hydrogen-bond donors (Lipinski definition) is 0. The van der Waals surface area contributed by atoms with E-state index in [4.69, 9.17) is 5.26 Å². The first-order valence-corrected chi connectivity index (χ1v) is 12.0. The number of aliphatic imine (C=N–C) groups is 1. The molecule has 0 radical (unpaired) electrons. The molecule has 1 saturated heterocycles. The van der Waals surface area contributed by atoms with E-state index in [0.717, 1.165) is 48.5 Å². The van der Waals surface area contributed by atoms with Crippen LogP contribution in [0.5, 0.6) is 0 Å². The number of piperidine rings is 1. The Bertz CT molecular complexity index is 1010. The summed E-state index contributed by atoms with van der Waals surface area (Å²) in [4.78, 5) is 19.5. The summed E-state index contributed by atoms with van der Waals surface area (Å²) in [6, 6.07) is 16.0. The molecule has 2 aromatic rings. The van der Waals surface area contributed by atoms with Gasteiger partial charge in [-0.2, -0.15) is 17.0 Å². The Hall–Kier alpha value is -2.84. The third-order valence-corrected chi connectivity index (χ3v) is 6.28. The molecule has 0 aliphatic carbocycles. The van der Waals surface area contributed by atoms with Crippen LogP contribution in [0.4, 0.5) is 0 Å². The third kappa shape index (κ3) is 5.86. The van der Waals surface area contributed by atoms with Crippen LogP contribution in [0.1, 0.15) is 65.2 Å². The second kappa shape index (κ2) is 11.0. The number of hydrogen-bond acceptors (Lipinski definition) is 4. The molecule has 0 aromatic heterocycles. The van der Waals surface area contributed by atoms with E-state index in [-0.39, 0.29) is 5.91 Å². The molecule has 2 aromatic carbocycles. The molecular weight excluding hydrogens is 402 g/mol. The number of amides is 1. The molecule has 1 amide bonds. The zero-order valence-electron chi connectivity index (χ0n) is 18.5. The van der Waals surface area contributed by atoms with Crippen molar-refractivity contribution in [2.24, 2.45) is 4.99 Å². The largest absolute Gasteiger partial charge is 0.339 e. The minimum Gasteiger partial charge on any atom is -0.339 e. The van der Waals surface area contributed by atoms with Crippen molar-refractivity contribution in [1.82, 2.24) is 4.90 Å². The SMILES string of the molecule is CC=N/C(C)=C/c1cc(C(=O)N2CCC(c3ccc(C#N)cc3)CC2)ccc1CSC. The van der Waals surface area contributed by atoms with Crippen LogP contribution in [0.15, 0.2) is 53.2 Å². The van der Waals surface area contributed by atoms with Crippen molar-refractivity contribution in [1.29, 1.82) is 5.26 Å². The smallest absolute Gasteiger partial charge is 0.253 e. The summed E-state index contributed by atoms with van der Waals surface area (Å²) < 4.78 is 0. The fourth-order valence-corrected chi connectivity index (χ4v) is 4.62. The number of carbonyl (C=O) groups is 1. The number of nitrogens with zero attached hydrogens (tertiary/aromatic N) is 3. The monoisotopic (exact) mass is 431 g/mol. The highest BCUT2D eigenvalue weighted by Gasteiger charge is 2.25. The molecule has 1 aliphatic rings. The molecule has 0 bridgehead atoms. The molecule has 0 N–H and O–H groups in total. The number of benzene rings is 2. The number of nitriles is 1. The summed E-state index contributed by atoms with van der Waals surface area (Å²) in [7, 11) is 0. The first-order chi connectivity index (χ1) is 15.0. The molecule has 1 aliphatic heterocycles. The van der Waals surface area contributed by atoms with Crippen molar-refractivity contribution in [3.63, 3.8) is 0 Å². The van der Waals surface area contributed by atoms with Gasteiger partial charge >= 0.3 is 0 Å². The average Bonchev–Trinajstić information content (AvgIpc) is 2.80. The molecule has 31 heavy (non-hydrogen) atoms. The van der Waals surface area contributed by atoms with Crippen LogP contribution in [-0.4, -0.2) is 36.4 Å². The average molecular weight is 432 g/mol. The van der Waals surface area contributed by atoms with Gasteiger partial charge in [0.15, 0.2) is 0 Å². The summed E-state index contributed by atoms with van der Waals surface area (Å²) in [6.07, 6.45) is 7.81. The molecule has 0 saturated carbocycles. The van der Waals surface area contributed by atoms with E-state index in [1.807, 2.05) is 55.1 Å². The zero-order valence-corrected chi connectivity index (χ0v) is 19.3. The predicted molar refractivity (Wildman–Crippen MR) is 131 cm³/mol. The van der Waals surface area contributed by atoms with Gasteiger partial charge in [-0.1, -0.05) is 18.2 Å². The third-order valence-electron chi connectivity index (χ3n) is 5.68. The topological polar surface area (TPSA) is 56.5 Å². The van der Waals surface area contributed by atoms with Crippen molar-refractivity contribution < 1.29 is 4.79 Å². The Morgan fingerprint density at radius 2 is 1.94 bits per heavy atom. The van der Waals surface area contributed by atoms with E-state index in [1.54, 1.807) is 18.0 Å². The Balaban J connectivity index is 1.72. The molecule has 0 unspecified atom stereocenters. The van der Waals surface area contributed by atoms with Crippen LogP contribution in [0.2, 0.25) is 0 Å². The van der Waals surface area contributed by atoms with Crippen molar-refractivity contribution in [2.45, 2.75) is 38.4 Å². The zero-order chi connectivity index (χ0) is 22.2. The Kier molecular flexibility index (Phi) is 8.08. The fourth-order valence-electron chi connectivity index (χ4n) is 4.04. The summed E-state index contributed by atoms with van der Waals surface area (Å²) >= 11 is 1.77. The van der Waals surface area contributed by atoms with Gasteiger partial charge in [0.05, 0.1) is 11.6 Å². The number of carbonyl (C=O) groups excluding carboxylic acids is 1. The van der Waals surface area contributed by atoms with Crippen LogP contribution in [0, 0.1) is 11.3 Å². The summed E-state index contributed by atoms with van der Waals surface area (Å²) in [5.74, 6) is 1.44. The first-order valence-electron chi connectivity index (χ1n) is 10.6. The molecule has 3 rings (SSSR count). The number of rotatable bonds is 6. The van der Waals surface area contributed by atoms with Gasteiger partial charge in [-0.3, -0.25) is 9.79 Å². The van der Waals surface area contributed by atoms with Crippen LogP contribution in [-0.2, 0) is 5.75 Å². The number of allylic oxidation sites excluding steroid dienone is 1. The van der Waals surface area contributed by atoms with E-state index in [1.165, 1.54) is 11.1 Å². The highest BCUT2D eigenvalue weighted by molar-refractivity contribution is 7.97.